The minimum atomic E-state index is -0.780. The lowest BCUT2D eigenvalue weighted by molar-refractivity contribution is -0.161. The van der Waals surface area contributed by atoms with Crippen molar-refractivity contribution in [3.63, 3.8) is 0 Å². The van der Waals surface area contributed by atoms with Crippen LogP contribution in [-0.4, -0.2) is 36.4 Å². The molecule has 0 bridgehead atoms. The molecular weight excluding hydrogens is 885 g/mol. The molecule has 0 saturated carbocycles. The fourth-order valence-electron chi connectivity index (χ4n) is 9.48. The molecule has 0 fully saturated rings. The molecule has 0 aliphatic carbocycles. The molecule has 1 N–H and O–H groups in total. The molecule has 0 aliphatic heterocycles. The third-order valence-corrected chi connectivity index (χ3v) is 14.3. The maximum atomic E-state index is 12.3. The molecule has 0 radical (unpaired) electrons. The van der Waals surface area contributed by atoms with Gasteiger partial charge in [-0.15, -0.1) is 0 Å². The molecule has 0 rings (SSSR count). The van der Waals surface area contributed by atoms with E-state index in [0.717, 1.165) is 64.2 Å². The van der Waals surface area contributed by atoms with Crippen molar-refractivity contribution in [3.05, 3.63) is 60.8 Å². The molecule has 1 atom stereocenters. The Morgan fingerprint density at radius 3 is 0.833 bits per heavy atom. The van der Waals surface area contributed by atoms with E-state index in [1.807, 2.05) is 0 Å². The first-order valence-corrected chi connectivity index (χ1v) is 31.8. The highest BCUT2D eigenvalue weighted by molar-refractivity contribution is 5.70. The molecule has 0 amide bonds. The normalized spacial score (nSPS) is 12.5. The third kappa shape index (κ3) is 60.2. The Balaban J connectivity index is 3.42. The van der Waals surface area contributed by atoms with Crippen molar-refractivity contribution < 1.29 is 24.2 Å². The summed E-state index contributed by atoms with van der Waals surface area (Å²) in [5.41, 5.74) is 0. The van der Waals surface area contributed by atoms with Crippen molar-refractivity contribution in [2.24, 2.45) is 0 Å². The molecule has 5 nitrogen and oxygen atoms in total. The summed E-state index contributed by atoms with van der Waals surface area (Å²) in [5.74, 6) is -0.592. The third-order valence-electron chi connectivity index (χ3n) is 14.3. The van der Waals surface area contributed by atoms with E-state index in [0.29, 0.717) is 12.8 Å². The Morgan fingerprint density at radius 1 is 0.319 bits per heavy atom. The Labute approximate surface area is 449 Å². The molecule has 0 spiro atoms. The van der Waals surface area contributed by atoms with Crippen LogP contribution < -0.4 is 0 Å². The van der Waals surface area contributed by atoms with Crippen LogP contribution in [0.4, 0.5) is 0 Å². The molecule has 0 aromatic rings. The van der Waals surface area contributed by atoms with Crippen molar-refractivity contribution in [3.8, 4) is 0 Å². The number of ether oxygens (including phenoxy) is 2. The predicted molar refractivity (Wildman–Crippen MR) is 316 cm³/mol. The number of allylic oxidation sites excluding steroid dienone is 10. The minimum Gasteiger partial charge on any atom is -0.462 e. The van der Waals surface area contributed by atoms with E-state index >= 15 is 0 Å². The Morgan fingerprint density at radius 2 is 0.556 bits per heavy atom. The van der Waals surface area contributed by atoms with E-state index in [2.05, 4.69) is 74.6 Å². The van der Waals surface area contributed by atoms with Gasteiger partial charge in [-0.1, -0.05) is 299 Å². The Kier molecular flexibility index (Phi) is 60.8. The molecule has 72 heavy (non-hydrogen) atoms. The van der Waals surface area contributed by atoms with Crippen LogP contribution in [0.15, 0.2) is 60.8 Å². The largest absolute Gasteiger partial charge is 0.462 e. The van der Waals surface area contributed by atoms with Gasteiger partial charge in [-0.2, -0.15) is 0 Å². The van der Waals surface area contributed by atoms with Crippen LogP contribution in [0.1, 0.15) is 335 Å². The smallest absolute Gasteiger partial charge is 0.306 e. The van der Waals surface area contributed by atoms with Gasteiger partial charge in [0.1, 0.15) is 6.61 Å². The quantitative estimate of drug-likeness (QED) is 0.0373. The van der Waals surface area contributed by atoms with Gasteiger partial charge in [-0.25, -0.2) is 0 Å². The molecular formula is C67H122O5. The second-order valence-electron chi connectivity index (χ2n) is 21.5. The average molecular weight is 1010 g/mol. The van der Waals surface area contributed by atoms with E-state index in [4.69, 9.17) is 9.47 Å². The standard InChI is InChI=1S/C67H122O5/c1-3-5-7-9-11-13-15-17-19-21-23-25-26-27-28-29-30-31-32-33-34-35-36-37-38-39-40-42-43-45-47-49-51-53-55-57-59-61-66(69)71-64-65(63-68)72-67(70)62-60-58-56-54-52-50-48-46-44-41-24-22-20-18-16-14-12-10-8-6-4-2/h15-18,21-24,44,46,65,68H,3-14,19-20,25-43,45,47-64H2,1-2H3/b17-15-,18-16-,23-21-,24-22-,46-44-. The number of hydrogen-bond acceptors (Lipinski definition) is 5. The van der Waals surface area contributed by atoms with Crippen LogP contribution in [0, 0.1) is 0 Å². The lowest BCUT2D eigenvalue weighted by atomic mass is 10.0. The van der Waals surface area contributed by atoms with Crippen LogP contribution in [0.5, 0.6) is 0 Å². The Bertz CT molecular complexity index is 1230. The number of carbonyl (C=O) groups excluding carboxylic acids is 2. The zero-order valence-electron chi connectivity index (χ0n) is 48.2. The fourth-order valence-corrected chi connectivity index (χ4v) is 9.48. The highest BCUT2D eigenvalue weighted by atomic mass is 16.6. The number of esters is 2. The monoisotopic (exact) mass is 1010 g/mol. The SMILES string of the molecule is CCCCCCC/C=C\C/C=C\C/C=C\CCCCCCCCC(=O)OC(CO)COC(=O)CCCCCCCCCCCCCCCCCCCCCCCCCCC/C=C\C/C=C\CCCCCCC. The maximum absolute atomic E-state index is 12.3. The van der Waals surface area contributed by atoms with E-state index in [1.54, 1.807) is 0 Å². The summed E-state index contributed by atoms with van der Waals surface area (Å²) in [6, 6.07) is 0. The van der Waals surface area contributed by atoms with Gasteiger partial charge >= 0.3 is 11.9 Å². The number of aliphatic hydroxyl groups is 1. The number of carbonyl (C=O) groups is 2. The predicted octanol–water partition coefficient (Wildman–Crippen LogP) is 21.8. The first-order chi connectivity index (χ1) is 35.6. The van der Waals surface area contributed by atoms with Gasteiger partial charge in [0.2, 0.25) is 0 Å². The summed E-state index contributed by atoms with van der Waals surface area (Å²) < 4.78 is 10.7. The van der Waals surface area contributed by atoms with Crippen LogP contribution in [0.2, 0.25) is 0 Å². The summed E-state index contributed by atoms with van der Waals surface area (Å²) in [5, 5.41) is 9.66. The molecule has 0 aliphatic rings. The lowest BCUT2D eigenvalue weighted by Gasteiger charge is -2.15. The second-order valence-corrected chi connectivity index (χ2v) is 21.5. The number of unbranched alkanes of at least 4 members (excludes halogenated alkanes) is 41. The molecule has 420 valence electrons. The number of hydrogen-bond donors (Lipinski definition) is 1. The zero-order valence-corrected chi connectivity index (χ0v) is 48.2. The van der Waals surface area contributed by atoms with Crippen molar-refractivity contribution in [1.29, 1.82) is 0 Å². The van der Waals surface area contributed by atoms with Gasteiger partial charge in [-0.05, 0) is 83.5 Å². The summed E-state index contributed by atoms with van der Waals surface area (Å²) in [6.07, 6.45) is 85.2. The van der Waals surface area contributed by atoms with Crippen molar-refractivity contribution >= 4 is 11.9 Å². The Hall–Kier alpha value is -2.40. The van der Waals surface area contributed by atoms with Gasteiger partial charge in [0.05, 0.1) is 6.61 Å². The first-order valence-electron chi connectivity index (χ1n) is 31.8. The first kappa shape index (κ1) is 69.6. The van der Waals surface area contributed by atoms with Crippen LogP contribution in [-0.2, 0) is 19.1 Å². The summed E-state index contributed by atoms with van der Waals surface area (Å²) in [6.45, 7) is 4.14. The number of rotatable bonds is 59. The maximum Gasteiger partial charge on any atom is 0.306 e. The molecule has 0 aromatic carbocycles. The molecule has 0 saturated heterocycles. The van der Waals surface area contributed by atoms with Gasteiger partial charge in [-0.3, -0.25) is 9.59 Å². The highest BCUT2D eigenvalue weighted by Crippen LogP contribution is 2.17. The van der Waals surface area contributed by atoms with E-state index in [9.17, 15) is 14.7 Å². The van der Waals surface area contributed by atoms with E-state index in [1.165, 1.54) is 244 Å². The second kappa shape index (κ2) is 62.9. The summed E-state index contributed by atoms with van der Waals surface area (Å²) in [7, 11) is 0. The topological polar surface area (TPSA) is 72.8 Å². The fraction of sp³-hybridized carbons (Fsp3) is 0.821. The minimum absolute atomic E-state index is 0.0691. The van der Waals surface area contributed by atoms with Crippen molar-refractivity contribution in [1.82, 2.24) is 0 Å². The van der Waals surface area contributed by atoms with Crippen LogP contribution >= 0.6 is 0 Å². The van der Waals surface area contributed by atoms with Crippen LogP contribution in [0.25, 0.3) is 0 Å². The molecule has 1 unspecified atom stereocenters. The van der Waals surface area contributed by atoms with E-state index < -0.39 is 6.10 Å². The summed E-state index contributed by atoms with van der Waals surface area (Å²) >= 11 is 0. The molecule has 5 heteroatoms. The molecule has 0 heterocycles. The lowest BCUT2D eigenvalue weighted by Crippen LogP contribution is -2.28. The van der Waals surface area contributed by atoms with Crippen molar-refractivity contribution in [2.45, 2.75) is 341 Å². The average Bonchev–Trinajstić information content (AvgIpc) is 3.38. The van der Waals surface area contributed by atoms with Gasteiger partial charge in [0, 0.05) is 12.8 Å². The summed E-state index contributed by atoms with van der Waals surface area (Å²) in [4.78, 5) is 24.6. The number of aliphatic hydroxyl groups excluding tert-OH is 1. The van der Waals surface area contributed by atoms with Gasteiger partial charge in [0.25, 0.3) is 0 Å². The van der Waals surface area contributed by atoms with Gasteiger partial charge in [0.15, 0.2) is 6.10 Å². The van der Waals surface area contributed by atoms with Crippen LogP contribution in [0.3, 0.4) is 0 Å². The van der Waals surface area contributed by atoms with Gasteiger partial charge < -0.3 is 14.6 Å². The zero-order chi connectivity index (χ0) is 52.0. The highest BCUT2D eigenvalue weighted by Gasteiger charge is 2.16. The molecule has 0 aromatic heterocycles. The van der Waals surface area contributed by atoms with Crippen molar-refractivity contribution in [2.75, 3.05) is 13.2 Å². The van der Waals surface area contributed by atoms with E-state index in [-0.39, 0.29) is 25.2 Å².